The van der Waals surface area contributed by atoms with Crippen molar-refractivity contribution in [1.82, 2.24) is 5.32 Å². The molecule has 0 spiro atoms. The van der Waals surface area contributed by atoms with Crippen LogP contribution in [0.15, 0.2) is 24.3 Å². The summed E-state index contributed by atoms with van der Waals surface area (Å²) < 4.78 is 5.51. The average Bonchev–Trinajstić information content (AvgIpc) is 2.33. The third-order valence-corrected chi connectivity index (χ3v) is 3.98. The highest BCUT2D eigenvalue weighted by Crippen LogP contribution is 2.22. The first kappa shape index (κ1) is 15.4. The van der Waals surface area contributed by atoms with Crippen LogP contribution in [0.25, 0.3) is 0 Å². The summed E-state index contributed by atoms with van der Waals surface area (Å²) in [4.78, 5) is 0. The summed E-state index contributed by atoms with van der Waals surface area (Å²) in [5, 5.41) is 3.55. The van der Waals surface area contributed by atoms with Crippen molar-refractivity contribution in [3.63, 3.8) is 0 Å². The van der Waals surface area contributed by atoms with Crippen LogP contribution in [0.4, 0.5) is 0 Å². The van der Waals surface area contributed by atoms with Gasteiger partial charge >= 0.3 is 0 Å². The van der Waals surface area contributed by atoms with Crippen LogP contribution >= 0.6 is 11.8 Å². The Bertz CT molecular complexity index is 343. The highest BCUT2D eigenvalue weighted by molar-refractivity contribution is 8.00. The van der Waals surface area contributed by atoms with Gasteiger partial charge in [0.05, 0.1) is 7.11 Å². The summed E-state index contributed by atoms with van der Waals surface area (Å²) in [5.41, 5.74) is 1.30. The van der Waals surface area contributed by atoms with Crippen molar-refractivity contribution in [3.05, 3.63) is 29.8 Å². The molecule has 0 bridgehead atoms. The monoisotopic (exact) mass is 267 g/mol. The van der Waals surface area contributed by atoms with Crippen LogP contribution in [0.1, 0.15) is 39.3 Å². The second-order valence-electron chi connectivity index (χ2n) is 5.41. The second-order valence-corrected chi connectivity index (χ2v) is 7.33. The molecule has 0 aromatic heterocycles. The zero-order valence-corrected chi connectivity index (χ0v) is 12.9. The number of hydrogen-bond donors (Lipinski definition) is 1. The molecular formula is C15H25NOS. The van der Waals surface area contributed by atoms with E-state index >= 15 is 0 Å². The molecule has 0 aliphatic heterocycles. The van der Waals surface area contributed by atoms with E-state index in [1.165, 1.54) is 5.56 Å². The minimum absolute atomic E-state index is 0.352. The molecule has 0 aliphatic carbocycles. The summed E-state index contributed by atoms with van der Waals surface area (Å²) in [6.07, 6.45) is 0. The molecule has 0 saturated carbocycles. The van der Waals surface area contributed by atoms with E-state index in [9.17, 15) is 0 Å². The van der Waals surface area contributed by atoms with Crippen LogP contribution in [-0.2, 0) is 0 Å². The molecule has 0 unspecified atom stereocenters. The number of nitrogens with one attached hydrogen (secondary N) is 1. The Kier molecular flexibility index (Phi) is 6.03. The summed E-state index contributed by atoms with van der Waals surface area (Å²) in [5.74, 6) is 2.05. The predicted molar refractivity (Wildman–Crippen MR) is 81.6 cm³/mol. The van der Waals surface area contributed by atoms with E-state index in [0.29, 0.717) is 10.8 Å². The standard InChI is InChI=1S/C15H25NOS/c1-12(16-10-11-18-15(2,3)4)13-6-8-14(17-5)9-7-13/h6-9,12,16H,10-11H2,1-5H3/t12-/m0/s1. The SMILES string of the molecule is COc1ccc([C@H](C)NCCSC(C)(C)C)cc1. The molecule has 0 aliphatic rings. The van der Waals surface area contributed by atoms with E-state index in [1.54, 1.807) is 7.11 Å². The van der Waals surface area contributed by atoms with Crippen LogP contribution < -0.4 is 10.1 Å². The van der Waals surface area contributed by atoms with Gasteiger partial charge in [0.1, 0.15) is 5.75 Å². The van der Waals surface area contributed by atoms with Crippen molar-refractivity contribution in [3.8, 4) is 5.75 Å². The lowest BCUT2D eigenvalue weighted by Gasteiger charge is -2.19. The quantitative estimate of drug-likeness (QED) is 0.790. The molecule has 0 fully saturated rings. The molecule has 0 amide bonds. The van der Waals surface area contributed by atoms with Gasteiger partial charge in [-0.15, -0.1) is 0 Å². The third kappa shape index (κ3) is 5.78. The fourth-order valence-electron chi connectivity index (χ4n) is 1.64. The fourth-order valence-corrected chi connectivity index (χ4v) is 2.48. The lowest BCUT2D eigenvalue weighted by atomic mass is 10.1. The molecule has 0 heterocycles. The maximum Gasteiger partial charge on any atom is 0.118 e. The molecule has 0 radical (unpaired) electrons. The molecule has 1 aromatic carbocycles. The topological polar surface area (TPSA) is 21.3 Å². The molecule has 0 saturated heterocycles. The van der Waals surface area contributed by atoms with Crippen LogP contribution in [0.2, 0.25) is 0 Å². The van der Waals surface area contributed by atoms with Gasteiger partial charge < -0.3 is 10.1 Å². The summed E-state index contributed by atoms with van der Waals surface area (Å²) in [6.45, 7) is 10.00. The number of methoxy groups -OCH3 is 1. The van der Waals surface area contributed by atoms with E-state index in [1.807, 2.05) is 23.9 Å². The highest BCUT2D eigenvalue weighted by Gasteiger charge is 2.10. The maximum absolute atomic E-state index is 5.16. The zero-order valence-electron chi connectivity index (χ0n) is 12.1. The largest absolute Gasteiger partial charge is 0.497 e. The van der Waals surface area contributed by atoms with Crippen LogP contribution in [0.3, 0.4) is 0 Å². The third-order valence-electron chi connectivity index (χ3n) is 2.70. The van der Waals surface area contributed by atoms with Gasteiger partial charge in [-0.3, -0.25) is 0 Å². The normalized spacial score (nSPS) is 13.4. The first-order valence-electron chi connectivity index (χ1n) is 6.43. The van der Waals surface area contributed by atoms with Crippen molar-refractivity contribution in [2.75, 3.05) is 19.4 Å². The molecule has 2 nitrogen and oxygen atoms in total. The van der Waals surface area contributed by atoms with Crippen molar-refractivity contribution in [2.45, 2.75) is 38.5 Å². The van der Waals surface area contributed by atoms with Crippen molar-refractivity contribution in [1.29, 1.82) is 0 Å². The number of rotatable bonds is 6. The average molecular weight is 267 g/mol. The van der Waals surface area contributed by atoms with Crippen molar-refractivity contribution < 1.29 is 4.74 Å². The van der Waals surface area contributed by atoms with Crippen LogP contribution in [0, 0.1) is 0 Å². The molecule has 1 N–H and O–H groups in total. The lowest BCUT2D eigenvalue weighted by molar-refractivity contribution is 0.414. The summed E-state index contributed by atoms with van der Waals surface area (Å²) in [7, 11) is 1.69. The Morgan fingerprint density at radius 2 is 1.83 bits per heavy atom. The Morgan fingerprint density at radius 3 is 2.33 bits per heavy atom. The minimum Gasteiger partial charge on any atom is -0.497 e. The summed E-state index contributed by atoms with van der Waals surface area (Å²) in [6, 6.07) is 8.65. The Hall–Kier alpha value is -0.670. The molecule has 1 rings (SSSR count). The number of benzene rings is 1. The predicted octanol–water partition coefficient (Wildman–Crippen LogP) is 3.88. The second kappa shape index (κ2) is 7.05. The first-order chi connectivity index (χ1) is 8.42. The van der Waals surface area contributed by atoms with Gasteiger partial charge in [-0.05, 0) is 24.6 Å². The molecule has 3 heteroatoms. The van der Waals surface area contributed by atoms with E-state index in [-0.39, 0.29) is 0 Å². The summed E-state index contributed by atoms with van der Waals surface area (Å²) >= 11 is 1.99. The van der Waals surface area contributed by atoms with Crippen molar-refractivity contribution in [2.24, 2.45) is 0 Å². The first-order valence-corrected chi connectivity index (χ1v) is 7.42. The minimum atomic E-state index is 0.352. The van der Waals surface area contributed by atoms with Crippen molar-refractivity contribution >= 4 is 11.8 Å². The lowest BCUT2D eigenvalue weighted by Crippen LogP contribution is -2.23. The number of thioether (sulfide) groups is 1. The molecule has 18 heavy (non-hydrogen) atoms. The van der Waals surface area contributed by atoms with Crippen LogP contribution in [-0.4, -0.2) is 24.2 Å². The van der Waals surface area contributed by atoms with Gasteiger partial charge in [-0.1, -0.05) is 32.9 Å². The van der Waals surface area contributed by atoms with Gasteiger partial charge in [0.25, 0.3) is 0 Å². The van der Waals surface area contributed by atoms with E-state index in [0.717, 1.165) is 18.0 Å². The van der Waals surface area contributed by atoms with Crippen LogP contribution in [0.5, 0.6) is 5.75 Å². The zero-order chi connectivity index (χ0) is 13.6. The Balaban J connectivity index is 2.33. The van der Waals surface area contributed by atoms with Gasteiger partial charge in [0.2, 0.25) is 0 Å². The highest BCUT2D eigenvalue weighted by atomic mass is 32.2. The van der Waals surface area contributed by atoms with Gasteiger partial charge in [-0.25, -0.2) is 0 Å². The van der Waals surface area contributed by atoms with E-state index in [4.69, 9.17) is 4.74 Å². The molecule has 102 valence electrons. The number of ether oxygens (including phenoxy) is 1. The van der Waals surface area contributed by atoms with Gasteiger partial charge in [0, 0.05) is 23.1 Å². The smallest absolute Gasteiger partial charge is 0.118 e. The Labute approximate surface area is 116 Å². The molecular weight excluding hydrogens is 242 g/mol. The van der Waals surface area contributed by atoms with Gasteiger partial charge in [-0.2, -0.15) is 11.8 Å². The van der Waals surface area contributed by atoms with E-state index in [2.05, 4.69) is 45.1 Å². The molecule has 1 aromatic rings. The molecule has 1 atom stereocenters. The maximum atomic E-state index is 5.16. The van der Waals surface area contributed by atoms with E-state index < -0.39 is 0 Å². The number of hydrogen-bond acceptors (Lipinski definition) is 3. The Morgan fingerprint density at radius 1 is 1.22 bits per heavy atom. The fraction of sp³-hybridized carbons (Fsp3) is 0.600. The van der Waals surface area contributed by atoms with Gasteiger partial charge in [0.15, 0.2) is 0 Å².